The molecule has 3 aromatic heterocycles. The third kappa shape index (κ3) is 6.37. The van der Waals surface area contributed by atoms with E-state index in [0.29, 0.717) is 23.0 Å². The summed E-state index contributed by atoms with van der Waals surface area (Å²) in [6.45, 7) is 10.4. The van der Waals surface area contributed by atoms with Gasteiger partial charge in [-0.15, -0.1) is 0 Å². The number of amides is 2. The van der Waals surface area contributed by atoms with Crippen molar-refractivity contribution in [2.45, 2.75) is 46.1 Å². The van der Waals surface area contributed by atoms with E-state index in [1.54, 1.807) is 47.4 Å². The first-order valence-corrected chi connectivity index (χ1v) is 13.2. The number of nitrogens with zero attached hydrogens (tertiary/aromatic N) is 4. The predicted molar refractivity (Wildman–Crippen MR) is 160 cm³/mol. The lowest BCUT2D eigenvalue weighted by atomic mass is 9.92. The molecule has 40 heavy (non-hydrogen) atoms. The summed E-state index contributed by atoms with van der Waals surface area (Å²) in [5.74, 6) is 2.63. The number of hydrogen-bond acceptors (Lipinski definition) is 6. The molecule has 9 heteroatoms. The smallest absolute Gasteiger partial charge is 0.324 e. The maximum atomic E-state index is 13.0. The number of urea groups is 1. The van der Waals surface area contributed by atoms with Gasteiger partial charge < -0.3 is 15.4 Å². The van der Waals surface area contributed by atoms with Gasteiger partial charge in [-0.25, -0.2) is 14.5 Å². The average molecular weight is 536 g/mol. The molecule has 0 fully saturated rings. The van der Waals surface area contributed by atoms with Gasteiger partial charge in [0.1, 0.15) is 23.1 Å². The van der Waals surface area contributed by atoms with Gasteiger partial charge in [0.05, 0.1) is 11.4 Å². The van der Waals surface area contributed by atoms with Crippen molar-refractivity contribution in [3.8, 4) is 17.2 Å². The zero-order valence-electron chi connectivity index (χ0n) is 23.3. The van der Waals surface area contributed by atoms with E-state index in [9.17, 15) is 4.79 Å². The quantitative estimate of drug-likeness (QED) is 0.201. The Morgan fingerprint density at radius 1 is 0.875 bits per heavy atom. The van der Waals surface area contributed by atoms with Gasteiger partial charge in [-0.2, -0.15) is 5.10 Å². The molecular weight excluding hydrogens is 502 g/mol. The van der Waals surface area contributed by atoms with Gasteiger partial charge in [0.2, 0.25) is 0 Å². The number of carbonyl (C=O) groups excluding carboxylic acids is 1. The Kier molecular flexibility index (Phi) is 7.37. The van der Waals surface area contributed by atoms with Crippen LogP contribution in [0.15, 0.2) is 85.3 Å². The largest absolute Gasteiger partial charge is 0.457 e. The molecule has 5 rings (SSSR count). The lowest BCUT2D eigenvalue weighted by Gasteiger charge is -2.14. The highest BCUT2D eigenvalue weighted by Gasteiger charge is 2.22. The van der Waals surface area contributed by atoms with Gasteiger partial charge >= 0.3 is 6.03 Å². The molecule has 3 heterocycles. The Morgan fingerprint density at radius 2 is 1.68 bits per heavy atom. The van der Waals surface area contributed by atoms with Gasteiger partial charge in [-0.05, 0) is 67.8 Å². The third-order valence-electron chi connectivity index (χ3n) is 6.10. The second-order valence-electron chi connectivity index (χ2n) is 10.9. The fraction of sp³-hybridized carbons (Fsp3) is 0.226. The topological polar surface area (TPSA) is 106 Å². The van der Waals surface area contributed by atoms with Crippen LogP contribution in [0.25, 0.3) is 16.5 Å². The summed E-state index contributed by atoms with van der Waals surface area (Å²) in [4.78, 5) is 21.5. The third-order valence-corrected chi connectivity index (χ3v) is 6.10. The van der Waals surface area contributed by atoms with Crippen molar-refractivity contribution in [3.63, 3.8) is 0 Å². The van der Waals surface area contributed by atoms with Gasteiger partial charge in [0.25, 0.3) is 0 Å². The molecule has 0 saturated heterocycles. The number of carbonyl (C=O) groups is 1. The molecule has 0 atom stereocenters. The lowest BCUT2D eigenvalue weighted by Crippen LogP contribution is -2.21. The molecule has 2 amide bonds. The molecule has 0 spiro atoms. The van der Waals surface area contributed by atoms with Crippen molar-refractivity contribution in [2.75, 3.05) is 16.0 Å². The van der Waals surface area contributed by atoms with Crippen LogP contribution in [0.3, 0.4) is 0 Å². The number of aromatic nitrogens is 4. The van der Waals surface area contributed by atoms with Crippen LogP contribution in [0.1, 0.15) is 40.3 Å². The van der Waals surface area contributed by atoms with Crippen LogP contribution in [0, 0.1) is 0 Å². The number of pyridine rings is 2. The number of ether oxygens (including phenoxy) is 1. The summed E-state index contributed by atoms with van der Waals surface area (Å²) < 4.78 is 7.72. The minimum Gasteiger partial charge on any atom is -0.457 e. The first kappa shape index (κ1) is 26.7. The van der Waals surface area contributed by atoms with Crippen molar-refractivity contribution >= 4 is 34.1 Å². The number of hydrogen-bond donors (Lipinski definition) is 3. The van der Waals surface area contributed by atoms with E-state index in [4.69, 9.17) is 9.84 Å². The molecule has 0 saturated carbocycles. The van der Waals surface area contributed by atoms with Crippen LogP contribution in [0.5, 0.6) is 11.5 Å². The van der Waals surface area contributed by atoms with Crippen molar-refractivity contribution in [3.05, 3.63) is 91.0 Å². The Balaban J connectivity index is 1.30. The fourth-order valence-electron chi connectivity index (χ4n) is 4.11. The summed E-state index contributed by atoms with van der Waals surface area (Å²) in [5.41, 5.74) is 2.13. The van der Waals surface area contributed by atoms with Crippen molar-refractivity contribution in [2.24, 2.45) is 0 Å². The number of anilines is 3. The maximum Gasteiger partial charge on any atom is 0.324 e. The van der Waals surface area contributed by atoms with Crippen LogP contribution in [-0.2, 0) is 5.41 Å². The van der Waals surface area contributed by atoms with Crippen LogP contribution in [-0.4, -0.2) is 31.8 Å². The van der Waals surface area contributed by atoms with E-state index in [0.717, 1.165) is 28.0 Å². The van der Waals surface area contributed by atoms with E-state index in [1.165, 1.54) is 0 Å². The lowest BCUT2D eigenvalue weighted by molar-refractivity contribution is 0.262. The van der Waals surface area contributed by atoms with E-state index >= 15 is 0 Å². The zero-order chi connectivity index (χ0) is 28.3. The average Bonchev–Trinajstić information content (AvgIpc) is 3.34. The van der Waals surface area contributed by atoms with E-state index in [1.807, 2.05) is 42.6 Å². The Morgan fingerprint density at radius 3 is 2.42 bits per heavy atom. The number of fused-ring (bicyclic) bond motifs is 1. The molecule has 0 bridgehead atoms. The fourth-order valence-corrected chi connectivity index (χ4v) is 4.11. The van der Waals surface area contributed by atoms with Crippen LogP contribution in [0.4, 0.5) is 22.1 Å². The molecule has 5 aromatic rings. The molecule has 0 unspecified atom stereocenters. The standard InChI is InChI=1S/C31H33N7O2/c1-20(2)34-28-17-26(13-15-33-28)40-25-10-7-23(8-11-25)35-30(39)36-29-18-27(31(3,4)5)37-38(29)24-9-6-22-19-32-14-12-21(22)16-24/h6-20H,1-5H3,(H,33,34)(H2,35,36,39). The highest BCUT2D eigenvalue weighted by molar-refractivity contribution is 5.99. The molecule has 0 aliphatic carbocycles. The second kappa shape index (κ2) is 11.1. The molecule has 9 nitrogen and oxygen atoms in total. The van der Waals surface area contributed by atoms with Gasteiger partial charge in [-0.3, -0.25) is 10.3 Å². The molecule has 204 valence electrons. The maximum absolute atomic E-state index is 13.0. The Labute approximate surface area is 233 Å². The van der Waals surface area contributed by atoms with Crippen molar-refractivity contribution < 1.29 is 9.53 Å². The number of rotatable bonds is 7. The SMILES string of the molecule is CC(C)Nc1cc(Oc2ccc(NC(=O)Nc3cc(C(C)(C)C)nn3-c3ccc4cnccc4c3)cc2)ccn1. The van der Waals surface area contributed by atoms with Gasteiger partial charge in [-0.1, -0.05) is 26.8 Å². The van der Waals surface area contributed by atoms with Crippen LogP contribution < -0.4 is 20.7 Å². The summed E-state index contributed by atoms with van der Waals surface area (Å²) >= 11 is 0. The molecular formula is C31H33N7O2. The molecule has 0 radical (unpaired) electrons. The van der Waals surface area contributed by atoms with Gasteiger partial charge in [0.15, 0.2) is 0 Å². The molecule has 0 aliphatic heterocycles. The monoisotopic (exact) mass is 535 g/mol. The second-order valence-corrected chi connectivity index (χ2v) is 10.9. The van der Waals surface area contributed by atoms with Crippen LogP contribution in [0.2, 0.25) is 0 Å². The molecule has 0 aliphatic rings. The Hall–Kier alpha value is -4.92. The predicted octanol–water partition coefficient (Wildman–Crippen LogP) is 7.37. The first-order chi connectivity index (χ1) is 19.1. The highest BCUT2D eigenvalue weighted by Crippen LogP contribution is 2.28. The van der Waals surface area contributed by atoms with Gasteiger partial charge in [0, 0.05) is 53.3 Å². The van der Waals surface area contributed by atoms with Crippen LogP contribution >= 0.6 is 0 Å². The van der Waals surface area contributed by atoms with E-state index in [-0.39, 0.29) is 17.5 Å². The summed E-state index contributed by atoms with van der Waals surface area (Å²) in [6.07, 6.45) is 5.28. The summed E-state index contributed by atoms with van der Waals surface area (Å²) in [5, 5.41) is 16.0. The number of benzene rings is 2. The van der Waals surface area contributed by atoms with E-state index in [2.05, 4.69) is 60.5 Å². The number of nitrogens with one attached hydrogen (secondary N) is 3. The summed E-state index contributed by atoms with van der Waals surface area (Å²) in [7, 11) is 0. The summed E-state index contributed by atoms with van der Waals surface area (Å²) in [6, 6.07) is 20.6. The first-order valence-electron chi connectivity index (χ1n) is 13.2. The zero-order valence-corrected chi connectivity index (χ0v) is 23.3. The highest BCUT2D eigenvalue weighted by atomic mass is 16.5. The van der Waals surface area contributed by atoms with Crippen molar-refractivity contribution in [1.29, 1.82) is 0 Å². The molecule has 2 aromatic carbocycles. The molecule has 3 N–H and O–H groups in total. The van der Waals surface area contributed by atoms with E-state index < -0.39 is 0 Å². The normalized spacial score (nSPS) is 11.4. The minimum atomic E-state index is -0.376. The minimum absolute atomic E-state index is 0.199. The van der Waals surface area contributed by atoms with Crippen molar-refractivity contribution in [1.82, 2.24) is 19.7 Å². The Bertz CT molecular complexity index is 1640.